The van der Waals surface area contributed by atoms with E-state index in [9.17, 15) is 4.79 Å². The molecule has 0 spiro atoms. The highest BCUT2D eigenvalue weighted by Crippen LogP contribution is 2.22. The van der Waals surface area contributed by atoms with E-state index in [0.717, 1.165) is 5.56 Å². The Bertz CT molecular complexity index is 632. The van der Waals surface area contributed by atoms with Gasteiger partial charge in [0.1, 0.15) is 11.5 Å². The topological polar surface area (TPSA) is 72.1 Å². The number of nitrogens with two attached hydrogens (primary N) is 1. The van der Waals surface area contributed by atoms with Gasteiger partial charge in [-0.1, -0.05) is 23.7 Å². The van der Waals surface area contributed by atoms with Gasteiger partial charge >= 0.3 is 0 Å². The predicted octanol–water partition coefficient (Wildman–Crippen LogP) is 2.55. The van der Waals surface area contributed by atoms with Gasteiger partial charge in [0.2, 0.25) is 0 Å². The molecular formula is C14H15ClN4O. The zero-order valence-corrected chi connectivity index (χ0v) is 12.0. The number of anilines is 1. The second kappa shape index (κ2) is 5.88. The molecule has 0 aliphatic carbocycles. The molecule has 5 nitrogen and oxygen atoms in total. The Morgan fingerprint density at radius 3 is 2.80 bits per heavy atom. The smallest absolute Gasteiger partial charge is 0.274 e. The van der Waals surface area contributed by atoms with Gasteiger partial charge in [-0.25, -0.2) is 4.98 Å². The highest BCUT2D eigenvalue weighted by atomic mass is 35.5. The lowest BCUT2D eigenvalue weighted by atomic mass is 10.1. The van der Waals surface area contributed by atoms with Crippen LogP contribution in [0, 0.1) is 0 Å². The van der Waals surface area contributed by atoms with Crippen LogP contribution in [-0.4, -0.2) is 27.8 Å². The molecule has 6 heteroatoms. The zero-order chi connectivity index (χ0) is 14.7. The lowest BCUT2D eigenvalue weighted by Crippen LogP contribution is -2.30. The minimum Gasteiger partial charge on any atom is -0.382 e. The van der Waals surface area contributed by atoms with Crippen LogP contribution in [-0.2, 0) is 0 Å². The summed E-state index contributed by atoms with van der Waals surface area (Å²) in [5.41, 5.74) is 6.71. The standard InChI is InChI=1S/C14H15ClN4O/c1-9(10-4-3-5-11(15)6-10)19(2)14(20)12-7-17-8-13(16)18-12/h3-9H,1-2H3,(H2,16,18). The molecule has 0 fully saturated rings. The van der Waals surface area contributed by atoms with Crippen molar-refractivity contribution in [3.05, 3.63) is 52.9 Å². The molecule has 0 aliphatic heterocycles. The summed E-state index contributed by atoms with van der Waals surface area (Å²) in [6.07, 6.45) is 2.80. The van der Waals surface area contributed by atoms with E-state index in [2.05, 4.69) is 9.97 Å². The molecule has 1 aromatic carbocycles. The molecule has 0 aliphatic rings. The van der Waals surface area contributed by atoms with E-state index in [-0.39, 0.29) is 23.5 Å². The minimum absolute atomic E-state index is 0.135. The largest absolute Gasteiger partial charge is 0.382 e. The van der Waals surface area contributed by atoms with Crippen molar-refractivity contribution < 1.29 is 4.79 Å². The van der Waals surface area contributed by atoms with Crippen LogP contribution >= 0.6 is 11.6 Å². The highest BCUT2D eigenvalue weighted by Gasteiger charge is 2.20. The summed E-state index contributed by atoms with van der Waals surface area (Å²) in [7, 11) is 1.71. The van der Waals surface area contributed by atoms with Crippen LogP contribution in [0.3, 0.4) is 0 Å². The van der Waals surface area contributed by atoms with Gasteiger partial charge in [-0.05, 0) is 24.6 Å². The van der Waals surface area contributed by atoms with Crippen LogP contribution in [0.4, 0.5) is 5.82 Å². The Kier molecular flexibility index (Phi) is 4.20. The van der Waals surface area contributed by atoms with Crippen molar-refractivity contribution in [1.29, 1.82) is 0 Å². The maximum absolute atomic E-state index is 12.3. The van der Waals surface area contributed by atoms with Gasteiger partial charge in [0.25, 0.3) is 5.91 Å². The molecule has 1 atom stereocenters. The summed E-state index contributed by atoms with van der Waals surface area (Å²) in [6, 6.07) is 7.27. The van der Waals surface area contributed by atoms with Gasteiger partial charge in [0, 0.05) is 12.1 Å². The normalized spacial score (nSPS) is 11.9. The Labute approximate surface area is 122 Å². The molecule has 1 heterocycles. The van der Waals surface area contributed by atoms with E-state index >= 15 is 0 Å². The monoisotopic (exact) mass is 290 g/mol. The number of aromatic nitrogens is 2. The summed E-state index contributed by atoms with van der Waals surface area (Å²) >= 11 is 5.97. The molecule has 1 aromatic heterocycles. The number of rotatable bonds is 3. The van der Waals surface area contributed by atoms with Crippen molar-refractivity contribution >= 4 is 23.3 Å². The molecule has 2 aromatic rings. The molecule has 2 N–H and O–H groups in total. The number of benzene rings is 1. The Balaban J connectivity index is 2.22. The second-order valence-corrected chi connectivity index (χ2v) is 4.91. The number of carbonyl (C=O) groups is 1. The number of hydrogen-bond acceptors (Lipinski definition) is 4. The van der Waals surface area contributed by atoms with Crippen LogP contribution in [0.15, 0.2) is 36.7 Å². The highest BCUT2D eigenvalue weighted by molar-refractivity contribution is 6.30. The van der Waals surface area contributed by atoms with E-state index in [1.54, 1.807) is 18.0 Å². The first-order chi connectivity index (χ1) is 9.49. The number of amides is 1. The number of nitrogens with zero attached hydrogens (tertiary/aromatic N) is 3. The third kappa shape index (κ3) is 3.05. The van der Waals surface area contributed by atoms with Crippen molar-refractivity contribution in [3.8, 4) is 0 Å². The van der Waals surface area contributed by atoms with E-state index in [1.165, 1.54) is 12.4 Å². The number of nitrogen functional groups attached to an aromatic ring is 1. The summed E-state index contributed by atoms with van der Waals surface area (Å²) in [6.45, 7) is 1.92. The van der Waals surface area contributed by atoms with Crippen molar-refractivity contribution in [2.45, 2.75) is 13.0 Å². The fraction of sp³-hybridized carbons (Fsp3) is 0.214. The lowest BCUT2D eigenvalue weighted by molar-refractivity contribution is 0.0736. The number of carbonyl (C=O) groups excluding carboxylic acids is 1. The fourth-order valence-electron chi connectivity index (χ4n) is 1.83. The van der Waals surface area contributed by atoms with E-state index in [4.69, 9.17) is 17.3 Å². The second-order valence-electron chi connectivity index (χ2n) is 4.48. The average Bonchev–Trinajstić information content (AvgIpc) is 2.45. The molecule has 20 heavy (non-hydrogen) atoms. The minimum atomic E-state index is -0.239. The van der Waals surface area contributed by atoms with Crippen LogP contribution in [0.2, 0.25) is 5.02 Å². The van der Waals surface area contributed by atoms with Crippen molar-refractivity contribution in [3.63, 3.8) is 0 Å². The molecule has 0 saturated heterocycles. The summed E-state index contributed by atoms with van der Waals surface area (Å²) in [5.74, 6) is -0.0167. The Morgan fingerprint density at radius 1 is 1.40 bits per heavy atom. The van der Waals surface area contributed by atoms with E-state index in [1.807, 2.05) is 25.1 Å². The summed E-state index contributed by atoms with van der Waals surface area (Å²) in [5, 5.41) is 0.638. The van der Waals surface area contributed by atoms with Crippen LogP contribution < -0.4 is 5.73 Å². The molecule has 0 bridgehead atoms. The molecule has 0 saturated carbocycles. The zero-order valence-electron chi connectivity index (χ0n) is 11.2. The molecule has 2 rings (SSSR count). The number of hydrogen-bond donors (Lipinski definition) is 1. The van der Waals surface area contributed by atoms with Gasteiger partial charge in [-0.15, -0.1) is 0 Å². The molecule has 104 valence electrons. The first-order valence-corrected chi connectivity index (χ1v) is 6.47. The lowest BCUT2D eigenvalue weighted by Gasteiger charge is -2.25. The summed E-state index contributed by atoms with van der Waals surface area (Å²) < 4.78 is 0. The summed E-state index contributed by atoms with van der Waals surface area (Å²) in [4.78, 5) is 21.8. The van der Waals surface area contributed by atoms with E-state index in [0.29, 0.717) is 5.02 Å². The van der Waals surface area contributed by atoms with Gasteiger partial charge in [-0.2, -0.15) is 0 Å². The predicted molar refractivity (Wildman–Crippen MR) is 78.4 cm³/mol. The first kappa shape index (κ1) is 14.3. The number of halogens is 1. The van der Waals surface area contributed by atoms with Crippen molar-refractivity contribution in [2.75, 3.05) is 12.8 Å². The molecule has 1 amide bonds. The van der Waals surface area contributed by atoms with E-state index < -0.39 is 0 Å². The van der Waals surface area contributed by atoms with Gasteiger partial charge < -0.3 is 10.6 Å². The third-order valence-corrected chi connectivity index (χ3v) is 3.34. The van der Waals surface area contributed by atoms with Crippen molar-refractivity contribution in [2.24, 2.45) is 0 Å². The third-order valence-electron chi connectivity index (χ3n) is 3.10. The van der Waals surface area contributed by atoms with Gasteiger partial charge in [-0.3, -0.25) is 9.78 Å². The van der Waals surface area contributed by atoms with Crippen LogP contribution in [0.1, 0.15) is 29.0 Å². The molecular weight excluding hydrogens is 276 g/mol. The Morgan fingerprint density at radius 2 is 2.15 bits per heavy atom. The molecule has 1 unspecified atom stereocenters. The molecule has 0 radical (unpaired) electrons. The average molecular weight is 291 g/mol. The Hall–Kier alpha value is -2.14. The van der Waals surface area contributed by atoms with Gasteiger partial charge in [0.05, 0.1) is 18.4 Å². The fourth-order valence-corrected chi connectivity index (χ4v) is 2.03. The van der Waals surface area contributed by atoms with Crippen molar-refractivity contribution in [1.82, 2.24) is 14.9 Å². The maximum Gasteiger partial charge on any atom is 0.274 e. The maximum atomic E-state index is 12.3. The SMILES string of the molecule is CC(c1cccc(Cl)c1)N(C)C(=O)c1cncc(N)n1. The first-order valence-electron chi connectivity index (χ1n) is 6.09. The van der Waals surface area contributed by atoms with Gasteiger partial charge in [0.15, 0.2) is 0 Å². The van der Waals surface area contributed by atoms with Crippen LogP contribution in [0.5, 0.6) is 0 Å². The van der Waals surface area contributed by atoms with Crippen LogP contribution in [0.25, 0.3) is 0 Å². The quantitative estimate of drug-likeness (QED) is 0.943.